The topological polar surface area (TPSA) is 101 Å². The van der Waals surface area contributed by atoms with Crippen LogP contribution < -0.4 is 5.32 Å². The minimum absolute atomic E-state index is 0.238. The molecule has 0 unspecified atom stereocenters. The fourth-order valence-electron chi connectivity index (χ4n) is 1.35. The number of aromatic nitrogens is 4. The highest BCUT2D eigenvalue weighted by molar-refractivity contribution is 14.1. The predicted octanol–water partition coefficient (Wildman–Crippen LogP) is 1.35. The van der Waals surface area contributed by atoms with Gasteiger partial charge in [-0.25, -0.2) is 4.79 Å². The maximum atomic E-state index is 10.3. The monoisotopic (exact) mass is 371 g/mol. The van der Waals surface area contributed by atoms with Crippen LogP contribution in [0.1, 0.15) is 5.82 Å². The van der Waals surface area contributed by atoms with Gasteiger partial charge in [-0.3, -0.25) is 0 Å². The smallest absolute Gasteiger partial charge is 0.404 e. The van der Waals surface area contributed by atoms with Gasteiger partial charge in [-0.05, 0) is 34.7 Å². The third kappa shape index (κ3) is 4.09. The third-order valence-electron chi connectivity index (χ3n) is 2.25. The summed E-state index contributed by atoms with van der Waals surface area (Å²) in [6.07, 6.45) is -0.712. The minimum atomic E-state index is -1.07. The van der Waals surface area contributed by atoms with Gasteiger partial charge in [0.15, 0.2) is 5.82 Å². The number of benzene rings is 1. The van der Waals surface area contributed by atoms with E-state index in [2.05, 4.69) is 48.3 Å². The van der Waals surface area contributed by atoms with Crippen LogP contribution in [0, 0.1) is 3.57 Å². The molecule has 19 heavy (non-hydrogen) atoms. The lowest BCUT2D eigenvalue weighted by molar-refractivity contribution is 0.194. The van der Waals surface area contributed by atoms with Crippen molar-refractivity contribution < 1.29 is 9.90 Å². The van der Waals surface area contributed by atoms with Crippen molar-refractivity contribution >= 4 is 28.7 Å². The van der Waals surface area contributed by atoms with Crippen LogP contribution in [0.2, 0.25) is 0 Å². The highest BCUT2D eigenvalue weighted by Gasteiger charge is 2.05. The molecule has 0 fully saturated rings. The summed E-state index contributed by atoms with van der Waals surface area (Å²) in [4.78, 5) is 10.3. The number of hydrogen-bond donors (Lipinski definition) is 2. The van der Waals surface area contributed by atoms with Crippen molar-refractivity contribution in [2.75, 3.05) is 6.54 Å². The molecule has 7 nitrogen and oxygen atoms in total. The molecular formula is C11H10IN5O2. The van der Waals surface area contributed by atoms with E-state index in [-0.39, 0.29) is 6.54 Å². The first-order chi connectivity index (χ1) is 9.15. The molecule has 1 aromatic carbocycles. The molecule has 8 heteroatoms. The van der Waals surface area contributed by atoms with Gasteiger partial charge in [0.2, 0.25) is 5.82 Å². The van der Waals surface area contributed by atoms with E-state index in [0.717, 1.165) is 9.13 Å². The largest absolute Gasteiger partial charge is 0.465 e. The first-order valence-electron chi connectivity index (χ1n) is 5.44. The first kappa shape index (κ1) is 13.6. The van der Waals surface area contributed by atoms with Crippen LogP contribution in [0.3, 0.4) is 0 Å². The zero-order valence-corrected chi connectivity index (χ0v) is 11.9. The van der Waals surface area contributed by atoms with E-state index in [4.69, 9.17) is 5.11 Å². The molecular weight excluding hydrogens is 361 g/mol. The molecule has 1 amide bonds. The lowest BCUT2D eigenvalue weighted by Gasteiger charge is -2.01. The minimum Gasteiger partial charge on any atom is -0.465 e. The average Bonchev–Trinajstić information content (AvgIpc) is 2.40. The summed E-state index contributed by atoms with van der Waals surface area (Å²) in [6.45, 7) is 0.238. The van der Waals surface area contributed by atoms with Gasteiger partial charge in [0.25, 0.3) is 0 Å². The van der Waals surface area contributed by atoms with Crippen LogP contribution in [-0.2, 0) is 6.42 Å². The second kappa shape index (κ2) is 6.36. The van der Waals surface area contributed by atoms with Gasteiger partial charge >= 0.3 is 6.09 Å². The van der Waals surface area contributed by atoms with Crippen LogP contribution in [0.15, 0.2) is 24.3 Å². The highest BCUT2D eigenvalue weighted by Crippen LogP contribution is 2.14. The summed E-state index contributed by atoms with van der Waals surface area (Å²) in [5, 5.41) is 26.4. The van der Waals surface area contributed by atoms with Crippen LogP contribution in [0.25, 0.3) is 11.4 Å². The van der Waals surface area contributed by atoms with Crippen LogP contribution in [0.4, 0.5) is 4.79 Å². The van der Waals surface area contributed by atoms with Crippen LogP contribution >= 0.6 is 22.6 Å². The number of nitrogens with one attached hydrogen (secondary N) is 1. The molecule has 2 rings (SSSR count). The Morgan fingerprint density at radius 1 is 1.16 bits per heavy atom. The summed E-state index contributed by atoms with van der Waals surface area (Å²) < 4.78 is 1.12. The molecule has 0 spiro atoms. The van der Waals surface area contributed by atoms with Gasteiger partial charge in [0, 0.05) is 22.1 Å². The normalized spacial score (nSPS) is 10.2. The molecule has 0 atom stereocenters. The Labute approximate surface area is 122 Å². The quantitative estimate of drug-likeness (QED) is 0.787. The predicted molar refractivity (Wildman–Crippen MR) is 75.5 cm³/mol. The average molecular weight is 371 g/mol. The van der Waals surface area contributed by atoms with Gasteiger partial charge in [0.05, 0.1) is 0 Å². The fraction of sp³-hybridized carbons (Fsp3) is 0.182. The molecule has 0 aliphatic rings. The van der Waals surface area contributed by atoms with Crippen molar-refractivity contribution in [2.45, 2.75) is 6.42 Å². The van der Waals surface area contributed by atoms with E-state index in [9.17, 15) is 4.79 Å². The van der Waals surface area contributed by atoms with Crippen LogP contribution in [0.5, 0.6) is 0 Å². The van der Waals surface area contributed by atoms with E-state index in [0.29, 0.717) is 18.1 Å². The summed E-state index contributed by atoms with van der Waals surface area (Å²) in [6, 6.07) is 7.69. The number of halogens is 1. The maximum absolute atomic E-state index is 10.3. The Bertz CT molecular complexity index is 558. The summed E-state index contributed by atoms with van der Waals surface area (Å²) in [5.74, 6) is 0.856. The zero-order chi connectivity index (χ0) is 13.7. The molecule has 0 radical (unpaired) electrons. The summed E-state index contributed by atoms with van der Waals surface area (Å²) in [7, 11) is 0. The highest BCUT2D eigenvalue weighted by atomic mass is 127. The van der Waals surface area contributed by atoms with E-state index in [1.807, 2.05) is 24.3 Å². The molecule has 1 heterocycles. The van der Waals surface area contributed by atoms with Gasteiger partial charge in [-0.1, -0.05) is 12.1 Å². The third-order valence-corrected chi connectivity index (χ3v) is 2.97. The lowest BCUT2D eigenvalue weighted by Crippen LogP contribution is -2.24. The Balaban J connectivity index is 2.02. The van der Waals surface area contributed by atoms with Gasteiger partial charge in [-0.2, -0.15) is 0 Å². The molecule has 2 aromatic rings. The Kier molecular flexibility index (Phi) is 4.55. The van der Waals surface area contributed by atoms with Crippen molar-refractivity contribution in [1.29, 1.82) is 0 Å². The standard InChI is InChI=1S/C11H10IN5O2/c12-8-3-1-7(2-4-8)10-16-14-9(15-17-10)5-6-13-11(18)19/h1-4,13H,5-6H2,(H,18,19). The van der Waals surface area contributed by atoms with E-state index < -0.39 is 6.09 Å². The van der Waals surface area contributed by atoms with E-state index >= 15 is 0 Å². The fourth-order valence-corrected chi connectivity index (χ4v) is 1.71. The van der Waals surface area contributed by atoms with Crippen molar-refractivity contribution in [3.8, 4) is 11.4 Å². The number of carboxylic acid groups (broad SMARTS) is 1. The summed E-state index contributed by atoms with van der Waals surface area (Å²) in [5.41, 5.74) is 0.843. The number of nitrogens with zero attached hydrogens (tertiary/aromatic N) is 4. The zero-order valence-electron chi connectivity index (χ0n) is 9.75. The molecule has 0 aliphatic carbocycles. The molecule has 0 saturated heterocycles. The molecule has 0 aliphatic heterocycles. The first-order valence-corrected chi connectivity index (χ1v) is 6.52. The molecule has 98 valence electrons. The van der Waals surface area contributed by atoms with Gasteiger partial charge < -0.3 is 10.4 Å². The van der Waals surface area contributed by atoms with Crippen molar-refractivity contribution in [3.05, 3.63) is 33.7 Å². The summed E-state index contributed by atoms with van der Waals surface area (Å²) >= 11 is 2.21. The number of amides is 1. The van der Waals surface area contributed by atoms with Crippen molar-refractivity contribution in [1.82, 2.24) is 25.7 Å². The van der Waals surface area contributed by atoms with E-state index in [1.54, 1.807) is 0 Å². The second-order valence-corrected chi connectivity index (χ2v) is 4.87. The number of hydrogen-bond acceptors (Lipinski definition) is 5. The lowest BCUT2D eigenvalue weighted by atomic mass is 10.2. The number of rotatable bonds is 4. The maximum Gasteiger partial charge on any atom is 0.404 e. The molecule has 2 N–H and O–H groups in total. The number of carbonyl (C=O) groups is 1. The molecule has 1 aromatic heterocycles. The Morgan fingerprint density at radius 3 is 2.37 bits per heavy atom. The van der Waals surface area contributed by atoms with Crippen molar-refractivity contribution in [3.63, 3.8) is 0 Å². The Hall–Kier alpha value is -1.84. The molecule has 0 saturated carbocycles. The van der Waals surface area contributed by atoms with Crippen molar-refractivity contribution in [2.24, 2.45) is 0 Å². The van der Waals surface area contributed by atoms with E-state index in [1.165, 1.54) is 0 Å². The molecule has 0 bridgehead atoms. The van der Waals surface area contributed by atoms with Gasteiger partial charge in [-0.15, -0.1) is 20.4 Å². The van der Waals surface area contributed by atoms with Crippen LogP contribution in [-0.4, -0.2) is 38.1 Å². The SMILES string of the molecule is O=C(O)NCCc1nnc(-c2ccc(I)cc2)nn1. The second-order valence-electron chi connectivity index (χ2n) is 3.63. The Morgan fingerprint density at radius 2 is 1.79 bits per heavy atom. The van der Waals surface area contributed by atoms with Gasteiger partial charge in [0.1, 0.15) is 0 Å².